The number of nitrogens with one attached hydrogen (secondary N) is 1. The molecule has 2 heterocycles. The van der Waals surface area contributed by atoms with Crippen molar-refractivity contribution >= 4 is 22.6 Å². The van der Waals surface area contributed by atoms with Crippen LogP contribution in [0.3, 0.4) is 0 Å². The fourth-order valence-corrected chi connectivity index (χ4v) is 3.76. The summed E-state index contributed by atoms with van der Waals surface area (Å²) >= 11 is 0. The van der Waals surface area contributed by atoms with E-state index in [0.29, 0.717) is 13.0 Å². The van der Waals surface area contributed by atoms with E-state index in [4.69, 9.17) is 0 Å². The highest BCUT2D eigenvalue weighted by Gasteiger charge is 2.13. The molecule has 27 heavy (non-hydrogen) atoms. The molecule has 0 atom stereocenters. The molecule has 1 N–H and O–H groups in total. The molecule has 0 unspecified atom stereocenters. The molecule has 0 saturated carbocycles. The lowest BCUT2D eigenvalue weighted by atomic mass is 10.1. The first-order valence-electron chi connectivity index (χ1n) is 9.79. The molecule has 1 aliphatic heterocycles. The molecule has 5 nitrogen and oxygen atoms in total. The van der Waals surface area contributed by atoms with Crippen molar-refractivity contribution in [2.24, 2.45) is 0 Å². The number of carbonyl (C=O) groups is 1. The number of fused-ring (bicyclic) bond motifs is 1. The molecule has 5 heteroatoms. The average Bonchev–Trinajstić information content (AvgIpc) is 3.12. The number of para-hydroxylation sites is 3. The van der Waals surface area contributed by atoms with Gasteiger partial charge >= 0.3 is 0 Å². The maximum atomic E-state index is 12.5. The highest BCUT2D eigenvalue weighted by atomic mass is 16.1. The smallest absolute Gasteiger partial charge is 0.226 e. The second kappa shape index (κ2) is 8.35. The summed E-state index contributed by atoms with van der Waals surface area (Å²) in [5.74, 6) is 0.0406. The summed E-state index contributed by atoms with van der Waals surface area (Å²) in [6.07, 6.45) is 6.11. The third-order valence-electron chi connectivity index (χ3n) is 5.24. The van der Waals surface area contributed by atoms with Crippen molar-refractivity contribution in [2.45, 2.75) is 38.8 Å². The molecule has 0 spiro atoms. The SMILES string of the molecule is O=C(CCn1cnc2ccccc21)Nc1ccccc1CN1CCCCC1. The zero-order valence-electron chi connectivity index (χ0n) is 15.6. The number of nitrogens with zero attached hydrogens (tertiary/aromatic N) is 3. The van der Waals surface area contributed by atoms with Gasteiger partial charge in [-0.05, 0) is 49.7 Å². The molecular weight excluding hydrogens is 336 g/mol. The minimum Gasteiger partial charge on any atom is -0.330 e. The number of imidazole rings is 1. The topological polar surface area (TPSA) is 50.2 Å². The van der Waals surface area contributed by atoms with E-state index in [1.165, 1.54) is 24.8 Å². The lowest BCUT2D eigenvalue weighted by molar-refractivity contribution is -0.116. The summed E-state index contributed by atoms with van der Waals surface area (Å²) in [6.45, 7) is 3.83. The summed E-state index contributed by atoms with van der Waals surface area (Å²) in [4.78, 5) is 19.4. The molecule has 0 bridgehead atoms. The predicted octanol–water partition coefficient (Wildman–Crippen LogP) is 4.05. The quantitative estimate of drug-likeness (QED) is 0.720. The van der Waals surface area contributed by atoms with Crippen LogP contribution in [0, 0.1) is 0 Å². The van der Waals surface area contributed by atoms with Crippen LogP contribution in [-0.2, 0) is 17.9 Å². The summed E-state index contributed by atoms with van der Waals surface area (Å²) in [6, 6.07) is 16.2. The van der Waals surface area contributed by atoms with Crippen LogP contribution in [-0.4, -0.2) is 33.4 Å². The van der Waals surface area contributed by atoms with Crippen LogP contribution in [0.25, 0.3) is 11.0 Å². The normalized spacial score (nSPS) is 15.1. The summed E-state index contributed by atoms with van der Waals surface area (Å²) in [7, 11) is 0. The first kappa shape index (κ1) is 17.7. The van der Waals surface area contributed by atoms with Gasteiger partial charge in [-0.3, -0.25) is 9.69 Å². The number of amides is 1. The number of hydrogen-bond acceptors (Lipinski definition) is 3. The Balaban J connectivity index is 1.38. The second-order valence-electron chi connectivity index (χ2n) is 7.22. The van der Waals surface area contributed by atoms with Crippen LogP contribution in [0.1, 0.15) is 31.2 Å². The Labute approximate surface area is 160 Å². The Bertz CT molecular complexity index is 911. The lowest BCUT2D eigenvalue weighted by Crippen LogP contribution is -2.29. The van der Waals surface area contributed by atoms with Crippen molar-refractivity contribution in [1.82, 2.24) is 14.5 Å². The number of benzene rings is 2. The Morgan fingerprint density at radius 3 is 2.67 bits per heavy atom. The van der Waals surface area contributed by atoms with Crippen molar-refractivity contribution in [3.05, 3.63) is 60.4 Å². The van der Waals surface area contributed by atoms with Gasteiger partial charge in [0.2, 0.25) is 5.91 Å². The number of aromatic nitrogens is 2. The minimum absolute atomic E-state index is 0.0406. The van der Waals surface area contributed by atoms with Gasteiger partial charge in [-0.2, -0.15) is 0 Å². The largest absolute Gasteiger partial charge is 0.330 e. The van der Waals surface area contributed by atoms with Gasteiger partial charge in [-0.1, -0.05) is 36.8 Å². The van der Waals surface area contributed by atoms with Crippen molar-refractivity contribution in [3.8, 4) is 0 Å². The number of anilines is 1. The molecule has 0 radical (unpaired) electrons. The Hall–Kier alpha value is -2.66. The summed E-state index contributed by atoms with van der Waals surface area (Å²) < 4.78 is 2.04. The zero-order chi connectivity index (χ0) is 18.5. The van der Waals surface area contributed by atoms with Crippen LogP contribution in [0.5, 0.6) is 0 Å². The Morgan fingerprint density at radius 1 is 1.00 bits per heavy atom. The third-order valence-corrected chi connectivity index (χ3v) is 5.24. The predicted molar refractivity (Wildman–Crippen MR) is 109 cm³/mol. The molecule has 1 aliphatic rings. The van der Waals surface area contributed by atoms with E-state index < -0.39 is 0 Å². The van der Waals surface area contributed by atoms with Gasteiger partial charge in [-0.15, -0.1) is 0 Å². The van der Waals surface area contributed by atoms with Gasteiger partial charge < -0.3 is 9.88 Å². The van der Waals surface area contributed by atoms with Gasteiger partial charge in [0, 0.05) is 25.2 Å². The van der Waals surface area contributed by atoms with Gasteiger partial charge in [0.25, 0.3) is 0 Å². The monoisotopic (exact) mass is 362 g/mol. The van der Waals surface area contributed by atoms with Gasteiger partial charge in [0.05, 0.1) is 17.4 Å². The molecule has 3 aromatic rings. The second-order valence-corrected chi connectivity index (χ2v) is 7.22. The first-order valence-corrected chi connectivity index (χ1v) is 9.79. The molecule has 1 aromatic heterocycles. The number of rotatable bonds is 6. The van der Waals surface area contributed by atoms with E-state index in [1.54, 1.807) is 0 Å². The van der Waals surface area contributed by atoms with Crippen molar-refractivity contribution < 1.29 is 4.79 Å². The van der Waals surface area contributed by atoms with E-state index in [0.717, 1.165) is 36.4 Å². The van der Waals surface area contributed by atoms with Gasteiger partial charge in [0.15, 0.2) is 0 Å². The maximum Gasteiger partial charge on any atom is 0.226 e. The highest BCUT2D eigenvalue weighted by molar-refractivity contribution is 5.91. The van der Waals surface area contributed by atoms with Crippen LogP contribution in [0.2, 0.25) is 0 Å². The van der Waals surface area contributed by atoms with E-state index in [-0.39, 0.29) is 5.91 Å². The summed E-state index contributed by atoms with van der Waals surface area (Å²) in [5, 5.41) is 3.11. The van der Waals surface area contributed by atoms with Crippen molar-refractivity contribution in [2.75, 3.05) is 18.4 Å². The number of likely N-dealkylation sites (tertiary alicyclic amines) is 1. The van der Waals surface area contributed by atoms with E-state index in [1.807, 2.05) is 53.4 Å². The number of hydrogen-bond donors (Lipinski definition) is 1. The van der Waals surface area contributed by atoms with Crippen LogP contribution in [0.4, 0.5) is 5.69 Å². The van der Waals surface area contributed by atoms with E-state index in [9.17, 15) is 4.79 Å². The van der Waals surface area contributed by atoms with Crippen molar-refractivity contribution in [3.63, 3.8) is 0 Å². The molecule has 1 saturated heterocycles. The van der Waals surface area contributed by atoms with Crippen LogP contribution >= 0.6 is 0 Å². The van der Waals surface area contributed by atoms with Crippen molar-refractivity contribution in [1.29, 1.82) is 0 Å². The molecule has 140 valence electrons. The minimum atomic E-state index is 0.0406. The van der Waals surface area contributed by atoms with Crippen LogP contribution in [0.15, 0.2) is 54.9 Å². The maximum absolute atomic E-state index is 12.5. The fraction of sp³-hybridized carbons (Fsp3) is 0.364. The summed E-state index contributed by atoms with van der Waals surface area (Å²) in [5.41, 5.74) is 4.16. The molecule has 2 aromatic carbocycles. The third kappa shape index (κ3) is 4.37. The fourth-order valence-electron chi connectivity index (χ4n) is 3.76. The Morgan fingerprint density at radius 2 is 1.78 bits per heavy atom. The van der Waals surface area contributed by atoms with Gasteiger partial charge in [0.1, 0.15) is 0 Å². The van der Waals surface area contributed by atoms with Crippen LogP contribution < -0.4 is 5.32 Å². The molecule has 0 aliphatic carbocycles. The number of carbonyl (C=O) groups excluding carboxylic acids is 1. The van der Waals surface area contributed by atoms with E-state index in [2.05, 4.69) is 21.3 Å². The van der Waals surface area contributed by atoms with E-state index >= 15 is 0 Å². The highest BCUT2D eigenvalue weighted by Crippen LogP contribution is 2.20. The lowest BCUT2D eigenvalue weighted by Gasteiger charge is -2.27. The molecule has 1 fully saturated rings. The number of aryl methyl sites for hydroxylation is 1. The average molecular weight is 362 g/mol. The zero-order valence-corrected chi connectivity index (χ0v) is 15.6. The number of piperidine rings is 1. The molecule has 4 rings (SSSR count). The standard InChI is InChI=1S/C22H26N4O/c27-22(12-15-26-17-23-20-10-4-5-11-21(20)26)24-19-9-3-2-8-18(19)16-25-13-6-1-7-14-25/h2-5,8-11,17H,1,6-7,12-16H2,(H,24,27). The first-order chi connectivity index (χ1) is 13.3. The molecule has 1 amide bonds. The Kier molecular flexibility index (Phi) is 5.49. The van der Waals surface area contributed by atoms with Gasteiger partial charge in [-0.25, -0.2) is 4.98 Å². The molecular formula is C22H26N4O.